The molecule has 0 atom stereocenters. The Labute approximate surface area is 158 Å². The van der Waals surface area contributed by atoms with Gasteiger partial charge in [0.15, 0.2) is 0 Å². The van der Waals surface area contributed by atoms with Gasteiger partial charge in [-0.3, -0.25) is 0 Å². The van der Waals surface area contributed by atoms with Crippen LogP contribution >= 0.6 is 11.6 Å². The van der Waals surface area contributed by atoms with E-state index in [1.54, 1.807) is 24.3 Å². The van der Waals surface area contributed by atoms with Crippen LogP contribution in [0, 0.1) is 6.92 Å². The standard InChI is InChI=1S/C20H19ClN2O2S/c1-14-20(16-6-2-4-8-18(16)22-14)15-10-12-23(13-11-15)26(24,25)19-9-5-3-7-17(19)21/h2-10,22H,11-13H2,1H3. The lowest BCUT2D eigenvalue weighted by molar-refractivity contribution is 0.441. The third-order valence-corrected chi connectivity index (χ3v) is 7.21. The van der Waals surface area contributed by atoms with E-state index in [0.717, 1.165) is 11.2 Å². The van der Waals surface area contributed by atoms with Crippen molar-refractivity contribution in [1.82, 2.24) is 9.29 Å². The topological polar surface area (TPSA) is 53.2 Å². The van der Waals surface area contributed by atoms with Crippen LogP contribution in [-0.4, -0.2) is 30.8 Å². The van der Waals surface area contributed by atoms with Gasteiger partial charge in [-0.05, 0) is 37.1 Å². The summed E-state index contributed by atoms with van der Waals surface area (Å²) in [5.74, 6) is 0. The molecule has 3 aromatic rings. The van der Waals surface area contributed by atoms with Gasteiger partial charge >= 0.3 is 0 Å². The fourth-order valence-corrected chi connectivity index (χ4v) is 5.45. The number of H-pyrrole nitrogens is 1. The van der Waals surface area contributed by atoms with E-state index in [4.69, 9.17) is 11.6 Å². The van der Waals surface area contributed by atoms with Crippen LogP contribution in [0.2, 0.25) is 5.02 Å². The van der Waals surface area contributed by atoms with E-state index in [-0.39, 0.29) is 9.92 Å². The Kier molecular flexibility index (Phi) is 4.39. The molecule has 0 aliphatic carbocycles. The smallest absolute Gasteiger partial charge is 0.244 e. The maximum absolute atomic E-state index is 12.9. The molecular weight excluding hydrogens is 368 g/mol. The fourth-order valence-electron chi connectivity index (χ4n) is 3.58. The molecule has 6 heteroatoms. The Hall–Kier alpha value is -2.08. The number of halogens is 1. The normalized spacial score (nSPS) is 16.0. The van der Waals surface area contributed by atoms with E-state index in [1.165, 1.54) is 20.8 Å². The highest BCUT2D eigenvalue weighted by Gasteiger charge is 2.28. The SMILES string of the molecule is Cc1[nH]c2ccccc2c1C1=CCN(S(=O)(=O)c2ccccc2Cl)CC1. The lowest BCUT2D eigenvalue weighted by Gasteiger charge is -2.26. The number of para-hydroxylation sites is 1. The molecular formula is C20H19ClN2O2S. The zero-order valence-electron chi connectivity index (χ0n) is 14.4. The number of rotatable bonds is 3. The molecule has 2 heterocycles. The molecule has 1 aliphatic rings. The van der Waals surface area contributed by atoms with Crippen molar-refractivity contribution in [2.75, 3.05) is 13.1 Å². The molecule has 0 saturated heterocycles. The zero-order valence-corrected chi connectivity index (χ0v) is 15.9. The maximum atomic E-state index is 12.9. The molecule has 0 bridgehead atoms. The van der Waals surface area contributed by atoms with Crippen molar-refractivity contribution in [2.45, 2.75) is 18.2 Å². The summed E-state index contributed by atoms with van der Waals surface area (Å²) >= 11 is 6.10. The number of sulfonamides is 1. The van der Waals surface area contributed by atoms with Gasteiger partial charge in [-0.25, -0.2) is 8.42 Å². The van der Waals surface area contributed by atoms with E-state index in [1.807, 2.05) is 18.2 Å². The molecule has 1 N–H and O–H groups in total. The first kappa shape index (κ1) is 17.3. The molecule has 26 heavy (non-hydrogen) atoms. The zero-order chi connectivity index (χ0) is 18.3. The molecule has 4 rings (SSSR count). The lowest BCUT2D eigenvalue weighted by Crippen LogP contribution is -2.34. The lowest BCUT2D eigenvalue weighted by atomic mass is 9.97. The Morgan fingerprint density at radius 3 is 2.54 bits per heavy atom. The maximum Gasteiger partial charge on any atom is 0.244 e. The molecule has 1 aliphatic heterocycles. The summed E-state index contributed by atoms with van der Waals surface area (Å²) in [6, 6.07) is 14.8. The Balaban J connectivity index is 1.67. The number of nitrogens with zero attached hydrogens (tertiary/aromatic N) is 1. The predicted octanol–water partition coefficient (Wildman–Crippen LogP) is 4.61. The monoisotopic (exact) mass is 386 g/mol. The molecule has 0 saturated carbocycles. The minimum atomic E-state index is -3.59. The van der Waals surface area contributed by atoms with E-state index in [9.17, 15) is 8.42 Å². The molecule has 0 spiro atoms. The highest BCUT2D eigenvalue weighted by Crippen LogP contribution is 2.34. The molecule has 0 radical (unpaired) electrons. The number of benzene rings is 2. The molecule has 0 unspecified atom stereocenters. The summed E-state index contributed by atoms with van der Waals surface area (Å²) in [5, 5.41) is 1.44. The summed E-state index contributed by atoms with van der Waals surface area (Å²) in [5.41, 5.74) is 4.59. The average Bonchev–Trinajstić information content (AvgIpc) is 2.98. The summed E-state index contributed by atoms with van der Waals surface area (Å²) in [4.78, 5) is 3.58. The van der Waals surface area contributed by atoms with Crippen LogP contribution in [0.15, 0.2) is 59.5 Å². The van der Waals surface area contributed by atoms with Gasteiger partial charge in [0.2, 0.25) is 10.0 Å². The van der Waals surface area contributed by atoms with Crippen LogP contribution in [-0.2, 0) is 10.0 Å². The second-order valence-corrected chi connectivity index (χ2v) is 8.76. The van der Waals surface area contributed by atoms with Crippen LogP contribution in [0.1, 0.15) is 17.7 Å². The average molecular weight is 387 g/mol. The number of fused-ring (bicyclic) bond motifs is 1. The van der Waals surface area contributed by atoms with Gasteiger partial charge in [0.1, 0.15) is 4.90 Å². The predicted molar refractivity (Wildman–Crippen MR) is 106 cm³/mol. The third kappa shape index (κ3) is 2.86. The Bertz CT molecular complexity index is 1120. The van der Waals surface area contributed by atoms with Crippen LogP contribution in [0.4, 0.5) is 0 Å². The second-order valence-electron chi connectivity index (χ2n) is 6.44. The van der Waals surface area contributed by atoms with Crippen molar-refractivity contribution >= 4 is 38.1 Å². The summed E-state index contributed by atoms with van der Waals surface area (Å²) in [6.45, 7) is 2.85. The molecule has 2 aromatic carbocycles. The van der Waals surface area contributed by atoms with E-state index in [0.29, 0.717) is 19.5 Å². The molecule has 0 fully saturated rings. The van der Waals surface area contributed by atoms with Crippen LogP contribution < -0.4 is 0 Å². The summed E-state index contributed by atoms with van der Waals surface area (Å²) in [6.07, 6.45) is 2.69. The number of hydrogen-bond donors (Lipinski definition) is 1. The number of aryl methyl sites for hydroxylation is 1. The van der Waals surface area contributed by atoms with Crippen molar-refractivity contribution in [3.05, 3.63) is 70.9 Å². The van der Waals surface area contributed by atoms with E-state index in [2.05, 4.69) is 24.0 Å². The first-order valence-electron chi connectivity index (χ1n) is 8.50. The van der Waals surface area contributed by atoms with E-state index < -0.39 is 10.0 Å². The van der Waals surface area contributed by atoms with Crippen LogP contribution in [0.25, 0.3) is 16.5 Å². The van der Waals surface area contributed by atoms with E-state index >= 15 is 0 Å². The molecule has 1 aromatic heterocycles. The van der Waals surface area contributed by atoms with Crippen LogP contribution in [0.5, 0.6) is 0 Å². The van der Waals surface area contributed by atoms with Crippen molar-refractivity contribution < 1.29 is 8.42 Å². The minimum absolute atomic E-state index is 0.168. The minimum Gasteiger partial charge on any atom is -0.358 e. The van der Waals surface area contributed by atoms with Crippen molar-refractivity contribution in [1.29, 1.82) is 0 Å². The third-order valence-electron chi connectivity index (χ3n) is 4.84. The highest BCUT2D eigenvalue weighted by atomic mass is 35.5. The Morgan fingerprint density at radius 2 is 1.81 bits per heavy atom. The van der Waals surface area contributed by atoms with Gasteiger partial charge in [0.05, 0.1) is 5.02 Å². The van der Waals surface area contributed by atoms with Crippen LogP contribution in [0.3, 0.4) is 0 Å². The highest BCUT2D eigenvalue weighted by molar-refractivity contribution is 7.89. The first-order chi connectivity index (χ1) is 12.5. The molecule has 0 amide bonds. The summed E-state index contributed by atoms with van der Waals surface area (Å²) < 4.78 is 27.3. The summed E-state index contributed by atoms with van der Waals surface area (Å²) in [7, 11) is -3.59. The van der Waals surface area contributed by atoms with Gasteiger partial charge in [-0.15, -0.1) is 0 Å². The quantitative estimate of drug-likeness (QED) is 0.714. The fraction of sp³-hybridized carbons (Fsp3) is 0.200. The number of hydrogen-bond acceptors (Lipinski definition) is 2. The number of aromatic nitrogens is 1. The van der Waals surface area contributed by atoms with Crippen molar-refractivity contribution in [3.63, 3.8) is 0 Å². The molecule has 134 valence electrons. The first-order valence-corrected chi connectivity index (χ1v) is 10.3. The van der Waals surface area contributed by atoms with Gasteiger partial charge in [0, 0.05) is 35.2 Å². The van der Waals surface area contributed by atoms with Gasteiger partial charge in [-0.1, -0.05) is 48.0 Å². The number of aromatic amines is 1. The second kappa shape index (κ2) is 6.58. The van der Waals surface area contributed by atoms with Gasteiger partial charge in [-0.2, -0.15) is 4.31 Å². The largest absolute Gasteiger partial charge is 0.358 e. The van der Waals surface area contributed by atoms with Crippen molar-refractivity contribution in [2.24, 2.45) is 0 Å². The van der Waals surface area contributed by atoms with Gasteiger partial charge in [0.25, 0.3) is 0 Å². The molecule has 4 nitrogen and oxygen atoms in total. The Morgan fingerprint density at radius 1 is 1.08 bits per heavy atom. The van der Waals surface area contributed by atoms with Gasteiger partial charge < -0.3 is 4.98 Å². The van der Waals surface area contributed by atoms with Crippen molar-refractivity contribution in [3.8, 4) is 0 Å². The number of nitrogens with one attached hydrogen (secondary N) is 1.